The van der Waals surface area contributed by atoms with Gasteiger partial charge in [-0.25, -0.2) is 22.6 Å². The normalized spacial score (nSPS) is 11.8. The van der Waals surface area contributed by atoms with Crippen LogP contribution in [0.15, 0.2) is 52.2 Å². The molecule has 0 bridgehead atoms. The fourth-order valence-corrected chi connectivity index (χ4v) is 4.36. The SMILES string of the molecule is Cc1nc(S(=O)(=O)Cc2ccon2)c(F)cc1NCc1ccccc1CN(C)C(C)C.O=C(O)C(F)(F)F. The molecule has 0 aliphatic carbocycles. The van der Waals surface area contributed by atoms with Crippen LogP contribution in [0.5, 0.6) is 0 Å². The van der Waals surface area contributed by atoms with Gasteiger partial charge in [-0.1, -0.05) is 29.4 Å². The van der Waals surface area contributed by atoms with Gasteiger partial charge in [0.2, 0.25) is 9.84 Å². The molecule has 0 radical (unpaired) electrons. The number of hydrogen-bond acceptors (Lipinski definition) is 8. The maximum Gasteiger partial charge on any atom is 0.490 e. The third kappa shape index (κ3) is 8.80. The molecule has 9 nitrogen and oxygen atoms in total. The van der Waals surface area contributed by atoms with Gasteiger partial charge in [-0.2, -0.15) is 13.2 Å². The Labute approximate surface area is 217 Å². The van der Waals surface area contributed by atoms with Crippen LogP contribution in [0.25, 0.3) is 0 Å². The molecule has 0 unspecified atom stereocenters. The Hall–Kier alpha value is -3.52. The lowest BCUT2D eigenvalue weighted by atomic mass is 10.1. The molecule has 208 valence electrons. The molecule has 2 aromatic heterocycles. The molecule has 0 amide bonds. The van der Waals surface area contributed by atoms with Gasteiger partial charge in [-0.15, -0.1) is 0 Å². The minimum Gasteiger partial charge on any atom is -0.475 e. The zero-order chi connectivity index (χ0) is 28.7. The summed E-state index contributed by atoms with van der Waals surface area (Å²) in [5.41, 5.74) is 3.30. The highest BCUT2D eigenvalue weighted by molar-refractivity contribution is 7.90. The highest BCUT2D eigenvalue weighted by Gasteiger charge is 2.38. The molecule has 0 atom stereocenters. The van der Waals surface area contributed by atoms with Gasteiger partial charge < -0.3 is 14.9 Å². The topological polar surface area (TPSA) is 126 Å². The van der Waals surface area contributed by atoms with E-state index in [-0.39, 0.29) is 5.69 Å². The molecule has 3 rings (SSSR count). The number of aryl methyl sites for hydroxylation is 1. The van der Waals surface area contributed by atoms with E-state index in [4.69, 9.17) is 9.90 Å². The van der Waals surface area contributed by atoms with Gasteiger partial charge in [0.05, 0.1) is 17.1 Å². The van der Waals surface area contributed by atoms with Crippen LogP contribution in [0.2, 0.25) is 0 Å². The zero-order valence-corrected chi connectivity index (χ0v) is 21.9. The van der Waals surface area contributed by atoms with E-state index in [9.17, 15) is 26.0 Å². The molecule has 3 aromatic rings. The largest absolute Gasteiger partial charge is 0.490 e. The maximum absolute atomic E-state index is 14.7. The van der Waals surface area contributed by atoms with Crippen LogP contribution >= 0.6 is 0 Å². The van der Waals surface area contributed by atoms with E-state index in [1.807, 2.05) is 18.2 Å². The first kappa shape index (κ1) is 30.7. The molecule has 0 aliphatic rings. The summed E-state index contributed by atoms with van der Waals surface area (Å²) in [5, 5.41) is 13.3. The van der Waals surface area contributed by atoms with Gasteiger partial charge in [0.15, 0.2) is 10.8 Å². The maximum atomic E-state index is 14.7. The van der Waals surface area contributed by atoms with Crippen molar-refractivity contribution < 1.29 is 40.4 Å². The fraction of sp³-hybridized carbons (Fsp3) is 0.375. The van der Waals surface area contributed by atoms with Crippen molar-refractivity contribution in [3.8, 4) is 0 Å². The number of carboxylic acids is 1. The predicted octanol–water partition coefficient (Wildman–Crippen LogP) is 4.58. The third-order valence-corrected chi connectivity index (χ3v) is 6.94. The summed E-state index contributed by atoms with van der Waals surface area (Å²) in [6, 6.07) is 11.1. The van der Waals surface area contributed by atoms with Gasteiger partial charge >= 0.3 is 12.1 Å². The number of halogens is 4. The molecule has 0 fully saturated rings. The van der Waals surface area contributed by atoms with Gasteiger partial charge in [0, 0.05) is 31.3 Å². The Morgan fingerprint density at radius 3 is 2.32 bits per heavy atom. The average Bonchev–Trinajstić information content (AvgIpc) is 3.32. The van der Waals surface area contributed by atoms with E-state index in [0.29, 0.717) is 24.0 Å². The number of aromatic nitrogens is 2. The summed E-state index contributed by atoms with van der Waals surface area (Å²) in [6.45, 7) is 7.18. The minimum atomic E-state index is -5.08. The average molecular weight is 561 g/mol. The molecule has 14 heteroatoms. The second-order valence-corrected chi connectivity index (χ2v) is 10.5. The number of aliphatic carboxylic acids is 1. The van der Waals surface area contributed by atoms with Gasteiger partial charge in [0.25, 0.3) is 0 Å². The highest BCUT2D eigenvalue weighted by atomic mass is 32.2. The number of alkyl halides is 3. The van der Waals surface area contributed by atoms with E-state index in [0.717, 1.165) is 12.1 Å². The van der Waals surface area contributed by atoms with Crippen molar-refractivity contribution in [1.29, 1.82) is 0 Å². The van der Waals surface area contributed by atoms with E-state index in [2.05, 4.69) is 51.8 Å². The highest BCUT2D eigenvalue weighted by Crippen LogP contribution is 2.24. The zero-order valence-electron chi connectivity index (χ0n) is 21.1. The number of carboxylic acid groups (broad SMARTS) is 1. The standard InChI is InChI=1S/C22H27FN4O3S.C2HF3O2/c1-15(2)27(4)13-18-8-6-5-7-17(18)12-24-21-11-20(23)22(25-16(21)3)31(28,29)14-19-9-10-30-26-19;3-2(4,5)1(6)7/h5-11,15,24H,12-14H2,1-4H3;(H,6,7). The van der Waals surface area contributed by atoms with Crippen LogP contribution in [0, 0.1) is 12.7 Å². The summed E-state index contributed by atoms with van der Waals surface area (Å²) >= 11 is 0. The number of anilines is 1. The molecular weight excluding hydrogens is 532 g/mol. The quantitative estimate of drug-likeness (QED) is 0.362. The summed E-state index contributed by atoms with van der Waals surface area (Å²) in [6.07, 6.45) is -3.82. The molecular formula is C24H28F4N4O5S. The van der Waals surface area contributed by atoms with Crippen LogP contribution in [-0.4, -0.2) is 53.8 Å². The summed E-state index contributed by atoms with van der Waals surface area (Å²) in [7, 11) is -1.92. The van der Waals surface area contributed by atoms with E-state index in [1.54, 1.807) is 6.92 Å². The smallest absolute Gasteiger partial charge is 0.475 e. The number of rotatable bonds is 9. The van der Waals surface area contributed by atoms with Crippen LogP contribution in [-0.2, 0) is 33.5 Å². The van der Waals surface area contributed by atoms with Gasteiger partial charge in [-0.3, -0.25) is 4.90 Å². The lowest BCUT2D eigenvalue weighted by Crippen LogP contribution is -2.26. The van der Waals surface area contributed by atoms with Crippen molar-refractivity contribution in [3.63, 3.8) is 0 Å². The van der Waals surface area contributed by atoms with Crippen LogP contribution in [0.1, 0.15) is 36.4 Å². The third-order valence-electron chi connectivity index (χ3n) is 5.39. The summed E-state index contributed by atoms with van der Waals surface area (Å²) in [5.74, 6) is -4.13. The molecule has 0 saturated carbocycles. The number of nitrogens with one attached hydrogen (secondary N) is 1. The minimum absolute atomic E-state index is 0.198. The first-order valence-electron chi connectivity index (χ1n) is 11.2. The number of hydrogen-bond donors (Lipinski definition) is 2. The molecule has 2 N–H and O–H groups in total. The predicted molar refractivity (Wildman–Crippen MR) is 130 cm³/mol. The van der Waals surface area contributed by atoms with Crippen molar-refractivity contribution in [1.82, 2.24) is 15.0 Å². The first-order valence-corrected chi connectivity index (χ1v) is 12.9. The lowest BCUT2D eigenvalue weighted by molar-refractivity contribution is -0.192. The Morgan fingerprint density at radius 2 is 1.79 bits per heavy atom. The monoisotopic (exact) mass is 560 g/mol. The van der Waals surface area contributed by atoms with Crippen molar-refractivity contribution in [3.05, 3.63) is 71.0 Å². The number of benzene rings is 1. The van der Waals surface area contributed by atoms with Crippen LogP contribution in [0.4, 0.5) is 23.2 Å². The number of sulfone groups is 1. The van der Waals surface area contributed by atoms with Crippen LogP contribution < -0.4 is 5.32 Å². The molecule has 2 heterocycles. The molecule has 0 spiro atoms. The van der Waals surface area contributed by atoms with Crippen LogP contribution in [0.3, 0.4) is 0 Å². The van der Waals surface area contributed by atoms with E-state index >= 15 is 0 Å². The number of nitrogens with zero attached hydrogens (tertiary/aromatic N) is 3. The van der Waals surface area contributed by atoms with Crippen molar-refractivity contribution in [2.45, 2.75) is 56.9 Å². The second kappa shape index (κ2) is 12.8. The van der Waals surface area contributed by atoms with Crippen molar-refractivity contribution >= 4 is 21.5 Å². The molecule has 0 aliphatic heterocycles. The van der Waals surface area contributed by atoms with Crippen molar-refractivity contribution in [2.75, 3.05) is 12.4 Å². The summed E-state index contributed by atoms with van der Waals surface area (Å²) < 4.78 is 76.2. The fourth-order valence-electron chi connectivity index (χ4n) is 3.06. The van der Waals surface area contributed by atoms with E-state index in [1.165, 1.54) is 24.0 Å². The Kier molecular flexibility index (Phi) is 10.4. The van der Waals surface area contributed by atoms with Crippen molar-refractivity contribution in [2.24, 2.45) is 0 Å². The summed E-state index contributed by atoms with van der Waals surface area (Å²) in [4.78, 5) is 15.2. The Balaban J connectivity index is 0.000000638. The number of pyridine rings is 1. The van der Waals surface area contributed by atoms with E-state index < -0.39 is 38.6 Å². The van der Waals surface area contributed by atoms with Gasteiger partial charge in [0.1, 0.15) is 12.0 Å². The Bertz CT molecular complexity index is 1330. The first-order chi connectivity index (χ1) is 17.6. The lowest BCUT2D eigenvalue weighted by Gasteiger charge is -2.23. The molecule has 38 heavy (non-hydrogen) atoms. The second-order valence-electron chi connectivity index (χ2n) is 8.59. The molecule has 0 saturated heterocycles. The number of carbonyl (C=O) groups is 1. The Morgan fingerprint density at radius 1 is 1.18 bits per heavy atom. The molecule has 1 aromatic carbocycles. The van der Waals surface area contributed by atoms with Gasteiger partial charge in [-0.05, 0) is 38.9 Å².